The smallest absolute Gasteiger partial charge is 0.270 e. The summed E-state index contributed by atoms with van der Waals surface area (Å²) >= 11 is 0. The van der Waals surface area contributed by atoms with Crippen molar-refractivity contribution in [2.75, 3.05) is 12.3 Å². The number of fused-ring (bicyclic) bond motifs is 1. The van der Waals surface area contributed by atoms with Crippen molar-refractivity contribution < 1.29 is 9.21 Å². The molecule has 0 saturated carbocycles. The number of hydrogen-bond acceptors (Lipinski definition) is 7. The Hall–Kier alpha value is -3.75. The van der Waals surface area contributed by atoms with Crippen LogP contribution in [0.5, 0.6) is 0 Å². The van der Waals surface area contributed by atoms with Gasteiger partial charge in [0, 0.05) is 24.5 Å². The molecule has 4 rings (SSSR count). The van der Waals surface area contributed by atoms with Gasteiger partial charge in [-0.25, -0.2) is 9.97 Å². The zero-order valence-electron chi connectivity index (χ0n) is 14.4. The highest BCUT2D eigenvalue weighted by atomic mass is 16.3. The molecule has 4 heterocycles. The lowest BCUT2D eigenvalue weighted by atomic mass is 10.2. The van der Waals surface area contributed by atoms with E-state index in [4.69, 9.17) is 10.2 Å². The van der Waals surface area contributed by atoms with Crippen LogP contribution in [0.2, 0.25) is 0 Å². The second-order valence-corrected chi connectivity index (χ2v) is 5.86. The van der Waals surface area contributed by atoms with E-state index in [2.05, 4.69) is 25.4 Å². The molecule has 9 nitrogen and oxygen atoms in total. The lowest BCUT2D eigenvalue weighted by Gasteiger charge is -2.06. The topological polar surface area (TPSA) is 124 Å². The van der Waals surface area contributed by atoms with Gasteiger partial charge in [-0.15, -0.1) is 5.10 Å². The van der Waals surface area contributed by atoms with Crippen LogP contribution in [0, 0.1) is 0 Å². The fourth-order valence-electron chi connectivity index (χ4n) is 2.65. The van der Waals surface area contributed by atoms with Gasteiger partial charge in [-0.05, 0) is 37.1 Å². The number of pyridine rings is 1. The van der Waals surface area contributed by atoms with Gasteiger partial charge in [0.25, 0.3) is 5.91 Å². The third-order valence-corrected chi connectivity index (χ3v) is 3.95. The standard InChI is InChI=1S/C18H17N7O2/c19-18-22-13(17(26)21-9-3-6-12-5-1-2-8-20-12)11-15-23-16(24-25(15)18)14-7-4-10-27-14/h1-2,4-5,7-8,10-11H,3,6,9H2,(H2,19,22)(H,21,26). The molecule has 0 spiro atoms. The van der Waals surface area contributed by atoms with E-state index in [1.807, 2.05) is 18.2 Å². The number of nitrogen functional groups attached to an aromatic ring is 1. The van der Waals surface area contributed by atoms with E-state index in [-0.39, 0.29) is 17.5 Å². The van der Waals surface area contributed by atoms with Crippen LogP contribution < -0.4 is 11.1 Å². The molecular formula is C18H17N7O2. The van der Waals surface area contributed by atoms with Crippen LogP contribution in [0.25, 0.3) is 17.2 Å². The number of carbonyl (C=O) groups is 1. The Morgan fingerprint density at radius 3 is 2.93 bits per heavy atom. The van der Waals surface area contributed by atoms with Crippen molar-refractivity contribution in [2.24, 2.45) is 0 Å². The zero-order valence-corrected chi connectivity index (χ0v) is 14.4. The quantitative estimate of drug-likeness (QED) is 0.500. The maximum atomic E-state index is 12.4. The van der Waals surface area contributed by atoms with E-state index in [9.17, 15) is 4.79 Å². The van der Waals surface area contributed by atoms with Gasteiger partial charge in [-0.2, -0.15) is 4.52 Å². The lowest BCUT2D eigenvalue weighted by Crippen LogP contribution is -2.26. The van der Waals surface area contributed by atoms with Crippen LogP contribution in [0.1, 0.15) is 22.6 Å². The predicted molar refractivity (Wildman–Crippen MR) is 97.8 cm³/mol. The normalized spacial score (nSPS) is 11.0. The molecule has 0 unspecified atom stereocenters. The van der Waals surface area contributed by atoms with Gasteiger partial charge in [0.1, 0.15) is 5.69 Å². The molecule has 0 radical (unpaired) electrons. The Kier molecular flexibility index (Phi) is 4.48. The first-order valence-corrected chi connectivity index (χ1v) is 8.46. The SMILES string of the molecule is Nc1nc(C(=O)NCCCc2ccccn2)cc2nc(-c3ccco3)nn12. The van der Waals surface area contributed by atoms with Gasteiger partial charge >= 0.3 is 0 Å². The first kappa shape index (κ1) is 16.7. The number of carbonyl (C=O) groups excluding carboxylic acids is 1. The number of nitrogens with two attached hydrogens (primary N) is 1. The maximum Gasteiger partial charge on any atom is 0.270 e. The second-order valence-electron chi connectivity index (χ2n) is 5.86. The maximum absolute atomic E-state index is 12.4. The number of amides is 1. The summed E-state index contributed by atoms with van der Waals surface area (Å²) in [4.78, 5) is 25.1. The molecule has 0 fully saturated rings. The number of hydrogen-bond donors (Lipinski definition) is 2. The van der Waals surface area contributed by atoms with E-state index >= 15 is 0 Å². The summed E-state index contributed by atoms with van der Waals surface area (Å²) in [7, 11) is 0. The number of rotatable bonds is 6. The summed E-state index contributed by atoms with van der Waals surface area (Å²) in [5.74, 6) is 0.657. The minimum absolute atomic E-state index is 0.0800. The first-order chi connectivity index (χ1) is 13.2. The zero-order chi connectivity index (χ0) is 18.6. The average Bonchev–Trinajstić information content (AvgIpc) is 3.35. The van der Waals surface area contributed by atoms with Crippen LogP contribution in [0.4, 0.5) is 5.95 Å². The Morgan fingerprint density at radius 1 is 1.22 bits per heavy atom. The Labute approximate surface area is 154 Å². The summed E-state index contributed by atoms with van der Waals surface area (Å²) in [5.41, 5.74) is 7.53. The highest BCUT2D eigenvalue weighted by molar-refractivity contribution is 5.93. The van der Waals surface area contributed by atoms with E-state index in [0.717, 1.165) is 18.5 Å². The van der Waals surface area contributed by atoms with Gasteiger partial charge in [0.15, 0.2) is 11.4 Å². The van der Waals surface area contributed by atoms with Crippen LogP contribution in [-0.2, 0) is 6.42 Å². The van der Waals surface area contributed by atoms with Crippen molar-refractivity contribution in [3.63, 3.8) is 0 Å². The molecule has 0 saturated heterocycles. The molecule has 27 heavy (non-hydrogen) atoms. The highest BCUT2D eigenvalue weighted by Gasteiger charge is 2.15. The van der Waals surface area contributed by atoms with Crippen molar-refractivity contribution in [3.05, 3.63) is 60.2 Å². The molecule has 0 aromatic carbocycles. The van der Waals surface area contributed by atoms with Crippen molar-refractivity contribution in [1.29, 1.82) is 0 Å². The molecule has 4 aromatic rings. The Morgan fingerprint density at radius 2 is 2.15 bits per heavy atom. The van der Waals surface area contributed by atoms with Crippen LogP contribution in [-0.4, -0.2) is 37.0 Å². The molecule has 136 valence electrons. The first-order valence-electron chi connectivity index (χ1n) is 8.46. The predicted octanol–water partition coefficient (Wildman–Crippen LogP) is 1.72. The molecule has 0 aliphatic carbocycles. The van der Waals surface area contributed by atoms with Crippen molar-refractivity contribution in [3.8, 4) is 11.6 Å². The second kappa shape index (κ2) is 7.24. The van der Waals surface area contributed by atoms with Crippen molar-refractivity contribution in [2.45, 2.75) is 12.8 Å². The van der Waals surface area contributed by atoms with Crippen molar-refractivity contribution in [1.82, 2.24) is 29.9 Å². The number of anilines is 1. The molecular weight excluding hydrogens is 346 g/mol. The van der Waals surface area contributed by atoms with Gasteiger partial charge in [0.2, 0.25) is 11.8 Å². The molecule has 4 aromatic heterocycles. The summed E-state index contributed by atoms with van der Waals surface area (Å²) in [6.45, 7) is 0.506. The highest BCUT2D eigenvalue weighted by Crippen LogP contribution is 2.18. The van der Waals surface area contributed by atoms with Crippen LogP contribution in [0.15, 0.2) is 53.3 Å². The summed E-state index contributed by atoms with van der Waals surface area (Å²) < 4.78 is 6.66. The van der Waals surface area contributed by atoms with Gasteiger partial charge in [0.05, 0.1) is 6.26 Å². The Bertz CT molecular complexity index is 1060. The third-order valence-electron chi connectivity index (χ3n) is 3.95. The third kappa shape index (κ3) is 3.61. The van der Waals surface area contributed by atoms with E-state index in [1.165, 1.54) is 10.8 Å². The van der Waals surface area contributed by atoms with Crippen LogP contribution >= 0.6 is 0 Å². The largest absolute Gasteiger partial charge is 0.461 e. The lowest BCUT2D eigenvalue weighted by molar-refractivity contribution is 0.0948. The molecule has 0 aliphatic heterocycles. The fraction of sp³-hybridized carbons (Fsp3) is 0.167. The Balaban J connectivity index is 1.44. The summed E-state index contributed by atoms with van der Waals surface area (Å²) in [6.07, 6.45) is 4.85. The van der Waals surface area contributed by atoms with Gasteiger partial charge in [-0.1, -0.05) is 6.07 Å². The number of nitrogens with zero attached hydrogens (tertiary/aromatic N) is 5. The number of furan rings is 1. The number of aryl methyl sites for hydroxylation is 1. The number of aromatic nitrogens is 5. The van der Waals surface area contributed by atoms with Gasteiger partial charge in [-0.3, -0.25) is 9.78 Å². The summed E-state index contributed by atoms with van der Waals surface area (Å²) in [5, 5.41) is 7.08. The van der Waals surface area contributed by atoms with E-state index in [1.54, 1.807) is 24.4 Å². The molecule has 0 bridgehead atoms. The molecule has 3 N–H and O–H groups in total. The number of nitrogens with one attached hydrogen (secondary N) is 1. The van der Waals surface area contributed by atoms with Crippen molar-refractivity contribution >= 4 is 17.5 Å². The summed E-state index contributed by atoms with van der Waals surface area (Å²) in [6, 6.07) is 10.8. The molecule has 9 heteroatoms. The molecule has 0 atom stereocenters. The van der Waals surface area contributed by atoms with Crippen LogP contribution in [0.3, 0.4) is 0 Å². The van der Waals surface area contributed by atoms with E-state index < -0.39 is 0 Å². The van der Waals surface area contributed by atoms with Gasteiger partial charge < -0.3 is 15.5 Å². The fourth-order valence-corrected chi connectivity index (χ4v) is 2.65. The minimum atomic E-state index is -0.312. The average molecular weight is 363 g/mol. The monoisotopic (exact) mass is 363 g/mol. The molecule has 0 aliphatic rings. The molecule has 1 amide bonds. The minimum Gasteiger partial charge on any atom is -0.461 e. The van der Waals surface area contributed by atoms with E-state index in [0.29, 0.717) is 23.8 Å².